The number of nitriles is 2. The van der Waals surface area contributed by atoms with Crippen LogP contribution < -0.4 is 15.5 Å². The summed E-state index contributed by atoms with van der Waals surface area (Å²) in [6.07, 6.45) is 3.51. The maximum atomic E-state index is 14.0. The third kappa shape index (κ3) is 4.48. The molecular weight excluding hydrogens is 499 g/mol. The topological polar surface area (TPSA) is 130 Å². The molecule has 6 rings (SSSR count). The van der Waals surface area contributed by atoms with Crippen molar-refractivity contribution in [1.82, 2.24) is 24.5 Å². The zero-order valence-electron chi connectivity index (χ0n) is 19.9. The van der Waals surface area contributed by atoms with Gasteiger partial charge in [0.15, 0.2) is 17.2 Å². The van der Waals surface area contributed by atoms with Gasteiger partial charge >= 0.3 is 0 Å². The van der Waals surface area contributed by atoms with Crippen LogP contribution in [0, 0.1) is 22.7 Å². The monoisotopic (exact) mass is 522 g/mol. The maximum absolute atomic E-state index is 14.0. The predicted octanol–water partition coefficient (Wildman–Crippen LogP) is 2.70. The number of nitrogens with zero attached hydrogens (tertiary/aromatic N) is 8. The fourth-order valence-electron chi connectivity index (χ4n) is 4.76. The first-order chi connectivity index (χ1) is 18.1. The Balaban J connectivity index is 1.32. The molecule has 1 atom stereocenters. The van der Waals surface area contributed by atoms with Crippen molar-refractivity contribution in [2.75, 3.05) is 55.1 Å². The number of aromatic nitrogens is 4. The van der Waals surface area contributed by atoms with E-state index >= 15 is 0 Å². The highest BCUT2D eigenvalue weighted by atomic mass is 35.5. The van der Waals surface area contributed by atoms with Crippen LogP contribution in [0.1, 0.15) is 24.1 Å². The van der Waals surface area contributed by atoms with Crippen LogP contribution >= 0.6 is 11.6 Å². The van der Waals surface area contributed by atoms with Gasteiger partial charge in [0.05, 0.1) is 59.5 Å². The largest absolute Gasteiger partial charge is 0.378 e. The lowest BCUT2D eigenvalue weighted by atomic mass is 10.1. The summed E-state index contributed by atoms with van der Waals surface area (Å²) >= 11 is 6.86. The third-order valence-electron chi connectivity index (χ3n) is 6.96. The Hall–Kier alpha value is -3.71. The quantitative estimate of drug-likeness (QED) is 0.477. The first kappa shape index (κ1) is 23.7. The van der Waals surface area contributed by atoms with Crippen molar-refractivity contribution in [3.05, 3.63) is 34.6 Å². The van der Waals surface area contributed by atoms with Crippen molar-refractivity contribution in [3.63, 3.8) is 0 Å². The van der Waals surface area contributed by atoms with Gasteiger partial charge in [0, 0.05) is 25.7 Å². The van der Waals surface area contributed by atoms with Gasteiger partial charge in [-0.2, -0.15) is 20.0 Å². The second-order valence-corrected chi connectivity index (χ2v) is 9.85. The Kier molecular flexibility index (Phi) is 6.16. The highest BCUT2D eigenvalue weighted by molar-refractivity contribution is 6.36. The summed E-state index contributed by atoms with van der Waals surface area (Å²) in [4.78, 5) is 13.1. The number of alkyl halides is 1. The molecule has 37 heavy (non-hydrogen) atoms. The number of ether oxygens (including phenoxy) is 1. The van der Waals surface area contributed by atoms with Gasteiger partial charge < -0.3 is 20.3 Å². The molecule has 2 N–H and O–H groups in total. The predicted molar refractivity (Wildman–Crippen MR) is 135 cm³/mol. The van der Waals surface area contributed by atoms with Gasteiger partial charge in [-0.1, -0.05) is 11.6 Å². The van der Waals surface area contributed by atoms with Crippen LogP contribution in [0.15, 0.2) is 18.3 Å². The van der Waals surface area contributed by atoms with Gasteiger partial charge in [-0.3, -0.25) is 4.90 Å². The van der Waals surface area contributed by atoms with E-state index in [4.69, 9.17) is 16.3 Å². The van der Waals surface area contributed by atoms with Crippen molar-refractivity contribution >= 4 is 40.4 Å². The number of benzene rings is 1. The number of nitrogens with one attached hydrogen (secondary N) is 2. The Bertz CT molecular complexity index is 1420. The summed E-state index contributed by atoms with van der Waals surface area (Å²) in [6, 6.07) is 7.88. The molecule has 190 valence electrons. The molecule has 0 spiro atoms. The van der Waals surface area contributed by atoms with E-state index in [0.717, 1.165) is 12.8 Å². The summed E-state index contributed by atoms with van der Waals surface area (Å²) in [7, 11) is 0. The molecule has 0 radical (unpaired) electrons. The zero-order valence-corrected chi connectivity index (χ0v) is 20.6. The summed E-state index contributed by atoms with van der Waals surface area (Å²) < 4.78 is 20.7. The normalized spacial score (nSPS) is 20.3. The number of anilines is 4. The Morgan fingerprint density at radius 3 is 2.70 bits per heavy atom. The van der Waals surface area contributed by atoms with E-state index in [2.05, 4.69) is 42.7 Å². The molecule has 2 saturated heterocycles. The lowest BCUT2D eigenvalue weighted by molar-refractivity contribution is -0.0842. The number of halogens is 2. The smallest absolute Gasteiger partial charge is 0.247 e. The molecule has 2 aromatic heterocycles. The van der Waals surface area contributed by atoms with Gasteiger partial charge in [-0.05, 0) is 25.0 Å². The lowest BCUT2D eigenvalue weighted by Crippen LogP contribution is -2.62. The van der Waals surface area contributed by atoms with Crippen LogP contribution in [0.5, 0.6) is 0 Å². The molecule has 3 fully saturated rings. The molecule has 0 amide bonds. The molecule has 13 heteroatoms. The van der Waals surface area contributed by atoms with Gasteiger partial charge in [0.25, 0.3) is 0 Å². The van der Waals surface area contributed by atoms with Crippen molar-refractivity contribution in [3.8, 4) is 12.1 Å². The van der Waals surface area contributed by atoms with E-state index < -0.39 is 6.67 Å². The minimum atomic E-state index is -0.482. The van der Waals surface area contributed by atoms with E-state index in [0.29, 0.717) is 72.3 Å². The average molecular weight is 523 g/mol. The number of imidazole rings is 1. The van der Waals surface area contributed by atoms with E-state index in [1.807, 2.05) is 4.90 Å². The number of hydrogen-bond donors (Lipinski definition) is 2. The molecule has 3 aliphatic rings. The molecule has 1 aromatic carbocycles. The fraction of sp³-hybridized carbons (Fsp3) is 0.458. The third-order valence-corrected chi connectivity index (χ3v) is 7.36. The molecule has 3 aromatic rings. The van der Waals surface area contributed by atoms with Crippen molar-refractivity contribution in [2.45, 2.75) is 31.0 Å². The molecule has 1 aliphatic carbocycles. The molecular formula is C24H24ClFN10O. The first-order valence-corrected chi connectivity index (χ1v) is 12.5. The van der Waals surface area contributed by atoms with E-state index in [1.54, 1.807) is 12.1 Å². The lowest BCUT2D eigenvalue weighted by Gasteiger charge is -2.47. The highest BCUT2D eigenvalue weighted by Gasteiger charge is 2.36. The van der Waals surface area contributed by atoms with E-state index in [-0.39, 0.29) is 23.7 Å². The fourth-order valence-corrected chi connectivity index (χ4v) is 5.04. The van der Waals surface area contributed by atoms with Crippen LogP contribution in [0.2, 0.25) is 5.02 Å². The maximum Gasteiger partial charge on any atom is 0.247 e. The Morgan fingerprint density at radius 2 is 2.03 bits per heavy atom. The number of rotatable bonds is 7. The number of hydrogen-bond acceptors (Lipinski definition) is 10. The van der Waals surface area contributed by atoms with E-state index in [9.17, 15) is 14.9 Å². The van der Waals surface area contributed by atoms with Crippen LogP contribution in [-0.4, -0.2) is 82.1 Å². The molecule has 1 unspecified atom stereocenters. The molecule has 11 nitrogen and oxygen atoms in total. The minimum absolute atomic E-state index is 0.199. The van der Waals surface area contributed by atoms with Gasteiger partial charge in [0.1, 0.15) is 12.7 Å². The average Bonchev–Trinajstić information content (AvgIpc) is 3.60. The van der Waals surface area contributed by atoms with Crippen LogP contribution in [0.25, 0.3) is 5.65 Å². The van der Waals surface area contributed by atoms with Gasteiger partial charge in [-0.25, -0.2) is 9.37 Å². The molecule has 0 bridgehead atoms. The summed E-state index contributed by atoms with van der Waals surface area (Å²) in [5.74, 6) is 0.709. The second-order valence-electron chi connectivity index (χ2n) is 9.47. The number of fused-ring (bicyclic) bond motifs is 1. The van der Waals surface area contributed by atoms with Crippen molar-refractivity contribution in [1.29, 1.82) is 10.5 Å². The Morgan fingerprint density at radius 1 is 1.19 bits per heavy atom. The summed E-state index contributed by atoms with van der Waals surface area (Å²) in [5.41, 5.74) is 2.20. The second kappa shape index (κ2) is 9.63. The van der Waals surface area contributed by atoms with Crippen LogP contribution in [-0.2, 0) is 4.74 Å². The van der Waals surface area contributed by atoms with E-state index in [1.165, 1.54) is 10.7 Å². The zero-order chi connectivity index (χ0) is 25.5. The summed E-state index contributed by atoms with van der Waals surface area (Å²) in [6.45, 7) is 2.53. The summed E-state index contributed by atoms with van der Waals surface area (Å²) in [5, 5.41) is 30.5. The molecule has 2 aliphatic heterocycles. The SMILES string of the molecule is N#Cc1cc(Nc2nc(NC3CC3)c3ncc(C#N)n3n2)c(Cl)c(N2CCN(C3COC3)C(CF)C2)c1. The van der Waals surface area contributed by atoms with Crippen LogP contribution in [0.4, 0.5) is 27.5 Å². The standard InChI is InChI=1S/C24H24ClFN10O/c25-21-19(31-24-32-22(30-15-1-2-15)23-29-10-17(9-28)36(23)33-24)5-14(8-27)6-20(21)34-3-4-35(16(7-26)11-34)18-12-37-13-18/h5-6,10,15-16,18H,1-4,7,11-13H2,(H2,30,31,32,33). The molecule has 1 saturated carbocycles. The van der Waals surface area contributed by atoms with Crippen molar-refractivity contribution in [2.24, 2.45) is 0 Å². The van der Waals surface area contributed by atoms with Gasteiger partial charge in [-0.15, -0.1) is 5.10 Å². The first-order valence-electron chi connectivity index (χ1n) is 12.2. The van der Waals surface area contributed by atoms with Crippen molar-refractivity contribution < 1.29 is 9.13 Å². The highest BCUT2D eigenvalue weighted by Crippen LogP contribution is 2.37. The van der Waals surface area contributed by atoms with Gasteiger partial charge in [0.2, 0.25) is 5.95 Å². The number of piperazine rings is 1. The Labute approximate surface area is 217 Å². The molecule has 4 heterocycles. The minimum Gasteiger partial charge on any atom is -0.378 e. The van der Waals surface area contributed by atoms with Crippen LogP contribution in [0.3, 0.4) is 0 Å².